The van der Waals surface area contributed by atoms with Gasteiger partial charge in [0.1, 0.15) is 0 Å². The first-order valence-corrected chi connectivity index (χ1v) is 10.2. The van der Waals surface area contributed by atoms with Gasteiger partial charge in [0.2, 0.25) is 0 Å². The lowest BCUT2D eigenvalue weighted by Gasteiger charge is -2.07. The highest BCUT2D eigenvalue weighted by atomic mass is 32.2. The van der Waals surface area contributed by atoms with Gasteiger partial charge in [-0.15, -0.1) is 10.2 Å². The lowest BCUT2D eigenvalue weighted by molar-refractivity contribution is -0.384. The fraction of sp³-hybridized carbons (Fsp3) is 0.200. The summed E-state index contributed by atoms with van der Waals surface area (Å²) < 4.78 is 1.95. The van der Waals surface area contributed by atoms with Gasteiger partial charge >= 0.3 is 0 Å². The Morgan fingerprint density at radius 1 is 1.27 bits per heavy atom. The number of rotatable bonds is 8. The molecule has 3 rings (SSSR count). The molecule has 0 bridgehead atoms. The summed E-state index contributed by atoms with van der Waals surface area (Å²) in [6.07, 6.45) is 1.36. The molecule has 0 atom stereocenters. The van der Waals surface area contributed by atoms with E-state index in [0.717, 1.165) is 11.4 Å². The fourth-order valence-corrected chi connectivity index (χ4v) is 3.45. The Morgan fingerprint density at radius 3 is 2.73 bits per heavy atom. The van der Waals surface area contributed by atoms with E-state index in [1.165, 1.54) is 35.7 Å². The van der Waals surface area contributed by atoms with Gasteiger partial charge < -0.3 is 4.57 Å². The summed E-state index contributed by atoms with van der Waals surface area (Å²) in [6, 6.07) is 14.0. The highest BCUT2D eigenvalue weighted by Crippen LogP contribution is 2.24. The van der Waals surface area contributed by atoms with E-state index in [2.05, 4.69) is 20.7 Å². The molecule has 3 aromatic rings. The standard InChI is InChI=1S/C20H20N6O3S/c1-3-25-19(16-9-7-14(2)8-10-16)23-24-20(25)30-13-18(27)22-21-12-15-5-4-6-17(11-15)26(28)29/h4-12H,3,13H2,1-2H3,(H,22,27)/b21-12-. The maximum atomic E-state index is 12.1. The largest absolute Gasteiger partial charge is 0.302 e. The summed E-state index contributed by atoms with van der Waals surface area (Å²) in [6.45, 7) is 4.69. The molecule has 30 heavy (non-hydrogen) atoms. The maximum Gasteiger partial charge on any atom is 0.270 e. The van der Waals surface area contributed by atoms with Gasteiger partial charge in [-0.25, -0.2) is 5.43 Å². The maximum absolute atomic E-state index is 12.1. The van der Waals surface area contributed by atoms with Crippen molar-refractivity contribution in [3.8, 4) is 11.4 Å². The van der Waals surface area contributed by atoms with Gasteiger partial charge in [0.05, 0.1) is 16.9 Å². The molecule has 0 aliphatic heterocycles. The number of nitro benzene ring substituents is 1. The summed E-state index contributed by atoms with van der Waals surface area (Å²) in [5, 5.41) is 23.8. The number of thioether (sulfide) groups is 1. The number of hydrogen-bond donors (Lipinski definition) is 1. The van der Waals surface area contributed by atoms with Crippen LogP contribution in [0.3, 0.4) is 0 Å². The van der Waals surface area contributed by atoms with Crippen LogP contribution in [0.1, 0.15) is 18.1 Å². The second kappa shape index (κ2) is 9.79. The van der Waals surface area contributed by atoms with Gasteiger partial charge in [0.15, 0.2) is 11.0 Å². The molecule has 10 heteroatoms. The van der Waals surface area contributed by atoms with Crippen LogP contribution in [0.2, 0.25) is 0 Å². The van der Waals surface area contributed by atoms with E-state index in [9.17, 15) is 14.9 Å². The number of hydrazone groups is 1. The minimum Gasteiger partial charge on any atom is -0.302 e. The number of non-ortho nitro benzene ring substituents is 1. The Labute approximate surface area is 177 Å². The number of aryl methyl sites for hydroxylation is 1. The molecule has 1 aromatic heterocycles. The van der Waals surface area contributed by atoms with Crippen molar-refractivity contribution in [2.24, 2.45) is 5.10 Å². The van der Waals surface area contributed by atoms with E-state index < -0.39 is 4.92 Å². The Kier molecular flexibility index (Phi) is 6.91. The molecular weight excluding hydrogens is 404 g/mol. The lowest BCUT2D eigenvalue weighted by Crippen LogP contribution is -2.20. The third kappa shape index (κ3) is 5.29. The molecule has 0 radical (unpaired) electrons. The van der Waals surface area contributed by atoms with E-state index in [0.29, 0.717) is 17.3 Å². The highest BCUT2D eigenvalue weighted by molar-refractivity contribution is 7.99. The van der Waals surface area contributed by atoms with Crippen LogP contribution >= 0.6 is 11.8 Å². The molecular formula is C20H20N6O3S. The first kappa shape index (κ1) is 21.2. The summed E-state index contributed by atoms with van der Waals surface area (Å²) in [4.78, 5) is 22.4. The van der Waals surface area contributed by atoms with E-state index in [1.54, 1.807) is 12.1 Å². The van der Waals surface area contributed by atoms with Crippen LogP contribution in [0, 0.1) is 17.0 Å². The topological polar surface area (TPSA) is 115 Å². The second-order valence-corrected chi connectivity index (χ2v) is 7.29. The zero-order valence-electron chi connectivity index (χ0n) is 16.5. The summed E-state index contributed by atoms with van der Waals surface area (Å²) >= 11 is 1.27. The van der Waals surface area contributed by atoms with Gasteiger partial charge in [0.25, 0.3) is 11.6 Å². The monoisotopic (exact) mass is 424 g/mol. The Morgan fingerprint density at radius 2 is 2.03 bits per heavy atom. The third-order valence-electron chi connectivity index (χ3n) is 4.16. The van der Waals surface area contributed by atoms with Crippen LogP contribution in [0.5, 0.6) is 0 Å². The first-order chi connectivity index (χ1) is 14.5. The van der Waals surface area contributed by atoms with Crippen LogP contribution in [-0.4, -0.2) is 37.6 Å². The van der Waals surface area contributed by atoms with Crippen LogP contribution in [0.15, 0.2) is 58.8 Å². The van der Waals surface area contributed by atoms with Crippen LogP contribution in [-0.2, 0) is 11.3 Å². The minimum atomic E-state index is -0.485. The first-order valence-electron chi connectivity index (χ1n) is 9.17. The van der Waals surface area contributed by atoms with Crippen molar-refractivity contribution in [3.05, 3.63) is 69.8 Å². The lowest BCUT2D eigenvalue weighted by atomic mass is 10.1. The van der Waals surface area contributed by atoms with Crippen LogP contribution < -0.4 is 5.43 Å². The van der Waals surface area contributed by atoms with E-state index in [4.69, 9.17) is 0 Å². The number of hydrogen-bond acceptors (Lipinski definition) is 7. The predicted molar refractivity (Wildman–Crippen MR) is 115 cm³/mol. The SMILES string of the molecule is CCn1c(SCC(=O)N/N=C\c2cccc([N+](=O)[O-])c2)nnc1-c1ccc(C)cc1. The number of carbonyl (C=O) groups excluding carboxylic acids is 1. The second-order valence-electron chi connectivity index (χ2n) is 6.35. The zero-order chi connectivity index (χ0) is 21.5. The van der Waals surface area contributed by atoms with Crippen molar-refractivity contribution in [1.82, 2.24) is 20.2 Å². The normalized spacial score (nSPS) is 11.0. The number of benzene rings is 2. The molecule has 0 saturated heterocycles. The van der Waals surface area contributed by atoms with Crippen molar-refractivity contribution in [1.29, 1.82) is 0 Å². The molecule has 0 fully saturated rings. The summed E-state index contributed by atoms with van der Waals surface area (Å²) in [5.41, 5.74) is 5.03. The van der Waals surface area contributed by atoms with Gasteiger partial charge in [-0.05, 0) is 13.8 Å². The van der Waals surface area contributed by atoms with Crippen molar-refractivity contribution in [3.63, 3.8) is 0 Å². The van der Waals surface area contributed by atoms with Crippen molar-refractivity contribution in [2.75, 3.05) is 5.75 Å². The van der Waals surface area contributed by atoms with Crippen LogP contribution in [0.4, 0.5) is 5.69 Å². The Bertz CT molecular complexity index is 1080. The molecule has 0 unspecified atom stereocenters. The van der Waals surface area contributed by atoms with Gasteiger partial charge in [-0.2, -0.15) is 5.10 Å². The predicted octanol–water partition coefficient (Wildman–Crippen LogP) is 3.42. The van der Waals surface area contributed by atoms with Crippen molar-refractivity contribution >= 4 is 29.6 Å². The number of nitrogens with one attached hydrogen (secondary N) is 1. The fourth-order valence-electron chi connectivity index (χ4n) is 2.66. The van der Waals surface area contributed by atoms with Gasteiger partial charge in [0, 0.05) is 29.8 Å². The summed E-state index contributed by atoms with van der Waals surface area (Å²) in [5.74, 6) is 0.548. The van der Waals surface area contributed by atoms with Crippen molar-refractivity contribution < 1.29 is 9.72 Å². The van der Waals surface area contributed by atoms with E-state index >= 15 is 0 Å². The van der Waals surface area contributed by atoms with Gasteiger partial charge in [-0.3, -0.25) is 14.9 Å². The molecule has 1 heterocycles. The van der Waals surface area contributed by atoms with Crippen LogP contribution in [0.25, 0.3) is 11.4 Å². The molecule has 1 N–H and O–H groups in total. The average molecular weight is 424 g/mol. The molecule has 154 valence electrons. The molecule has 0 aliphatic carbocycles. The van der Waals surface area contributed by atoms with E-state index in [1.807, 2.05) is 42.7 Å². The highest BCUT2D eigenvalue weighted by Gasteiger charge is 2.14. The quantitative estimate of drug-likeness (QED) is 0.256. The summed E-state index contributed by atoms with van der Waals surface area (Å²) in [7, 11) is 0. The van der Waals surface area contributed by atoms with Gasteiger partial charge in [-0.1, -0.05) is 53.7 Å². The number of aromatic nitrogens is 3. The number of amides is 1. The van der Waals surface area contributed by atoms with E-state index in [-0.39, 0.29) is 17.3 Å². The molecule has 9 nitrogen and oxygen atoms in total. The van der Waals surface area contributed by atoms with Crippen molar-refractivity contribution in [2.45, 2.75) is 25.5 Å². The molecule has 0 aliphatic rings. The smallest absolute Gasteiger partial charge is 0.270 e. The Hall–Kier alpha value is -3.53. The average Bonchev–Trinajstić information content (AvgIpc) is 3.16. The molecule has 2 aromatic carbocycles. The number of nitrogens with zero attached hydrogens (tertiary/aromatic N) is 5. The third-order valence-corrected chi connectivity index (χ3v) is 5.13. The minimum absolute atomic E-state index is 0.0379. The zero-order valence-corrected chi connectivity index (χ0v) is 17.3. The molecule has 0 saturated carbocycles. The molecule has 0 spiro atoms. The molecule has 1 amide bonds. The number of nitro groups is 1. The Balaban J connectivity index is 1.59. The number of carbonyl (C=O) groups is 1.